The minimum atomic E-state index is -3.62. The minimum Gasteiger partial charge on any atom is -0.492 e. The predicted molar refractivity (Wildman–Crippen MR) is 111 cm³/mol. The van der Waals surface area contributed by atoms with Gasteiger partial charge in [0, 0.05) is 11.2 Å². The molecule has 0 aliphatic rings. The first-order valence-electron chi connectivity index (χ1n) is 9.15. The molecule has 2 aromatic carbocycles. The summed E-state index contributed by atoms with van der Waals surface area (Å²) in [5.41, 5.74) is 0.346. The smallest absolute Gasteiger partial charge is 0.259 e. The third-order valence-corrected chi connectivity index (χ3v) is 5.34. The predicted octanol–water partition coefficient (Wildman–Crippen LogP) is 4.05. The summed E-state index contributed by atoms with van der Waals surface area (Å²) in [6.07, 6.45) is 0. The van der Waals surface area contributed by atoms with Crippen molar-refractivity contribution in [1.82, 2.24) is 4.72 Å². The standard InChI is InChI=1S/C21H28N2O4S/c1-15(2)14-27-19-9-7-6-8-18(19)20(24)22-16-10-12-17(13-11-16)28(25,26)23-21(3,4)5/h6-13,15,23H,14H2,1-5H3,(H,22,24). The highest BCUT2D eigenvalue weighted by molar-refractivity contribution is 7.89. The van der Waals surface area contributed by atoms with Crippen molar-refractivity contribution in [3.63, 3.8) is 0 Å². The lowest BCUT2D eigenvalue weighted by molar-refractivity contribution is 0.102. The van der Waals surface area contributed by atoms with Crippen LogP contribution in [0, 0.1) is 5.92 Å². The van der Waals surface area contributed by atoms with Crippen molar-refractivity contribution in [3.8, 4) is 5.75 Å². The van der Waals surface area contributed by atoms with Crippen LogP contribution in [0.15, 0.2) is 53.4 Å². The highest BCUT2D eigenvalue weighted by Crippen LogP contribution is 2.21. The third kappa shape index (κ3) is 6.35. The molecule has 28 heavy (non-hydrogen) atoms. The molecule has 0 saturated carbocycles. The molecule has 0 unspecified atom stereocenters. The Balaban J connectivity index is 2.14. The topological polar surface area (TPSA) is 84.5 Å². The molecular formula is C21H28N2O4S. The molecule has 0 aliphatic carbocycles. The largest absolute Gasteiger partial charge is 0.492 e. The van der Waals surface area contributed by atoms with E-state index in [1.165, 1.54) is 12.1 Å². The summed E-state index contributed by atoms with van der Waals surface area (Å²) < 4.78 is 33.0. The number of sulfonamides is 1. The second kappa shape index (κ2) is 8.75. The minimum absolute atomic E-state index is 0.140. The molecule has 0 fully saturated rings. The first-order valence-corrected chi connectivity index (χ1v) is 10.6. The fourth-order valence-corrected chi connectivity index (χ4v) is 3.83. The number of rotatable bonds is 7. The maximum atomic E-state index is 12.6. The van der Waals surface area contributed by atoms with Gasteiger partial charge < -0.3 is 10.1 Å². The maximum Gasteiger partial charge on any atom is 0.259 e. The molecule has 0 bridgehead atoms. The fourth-order valence-electron chi connectivity index (χ4n) is 2.41. The average molecular weight is 405 g/mol. The third-order valence-electron chi connectivity index (χ3n) is 3.57. The number of carbonyl (C=O) groups is 1. The van der Waals surface area contributed by atoms with Crippen LogP contribution in [0.4, 0.5) is 5.69 Å². The highest BCUT2D eigenvalue weighted by Gasteiger charge is 2.22. The van der Waals surface area contributed by atoms with E-state index in [-0.39, 0.29) is 10.8 Å². The normalized spacial score (nSPS) is 12.1. The van der Waals surface area contributed by atoms with Gasteiger partial charge in [-0.25, -0.2) is 13.1 Å². The van der Waals surface area contributed by atoms with Gasteiger partial charge in [-0.1, -0.05) is 26.0 Å². The van der Waals surface area contributed by atoms with Crippen molar-refractivity contribution in [3.05, 3.63) is 54.1 Å². The fraction of sp³-hybridized carbons (Fsp3) is 0.381. The Bertz CT molecular complexity index is 914. The molecule has 0 radical (unpaired) electrons. The van der Waals surface area contributed by atoms with Gasteiger partial charge >= 0.3 is 0 Å². The Kier molecular flexibility index (Phi) is 6.85. The molecule has 0 atom stereocenters. The molecule has 0 saturated heterocycles. The first kappa shape index (κ1) is 21.9. The molecule has 0 aliphatic heterocycles. The van der Waals surface area contributed by atoms with Gasteiger partial charge in [-0.3, -0.25) is 4.79 Å². The summed E-state index contributed by atoms with van der Waals surface area (Å²) in [6, 6.07) is 13.1. The zero-order chi connectivity index (χ0) is 20.9. The van der Waals surface area contributed by atoms with Crippen LogP contribution in [0.25, 0.3) is 0 Å². The number of benzene rings is 2. The van der Waals surface area contributed by atoms with E-state index >= 15 is 0 Å². The number of anilines is 1. The monoisotopic (exact) mass is 404 g/mol. The van der Waals surface area contributed by atoms with Crippen LogP contribution in [0.1, 0.15) is 45.0 Å². The van der Waals surface area contributed by atoms with E-state index in [9.17, 15) is 13.2 Å². The second-order valence-corrected chi connectivity index (χ2v) is 9.72. The number of carbonyl (C=O) groups excluding carboxylic acids is 1. The van der Waals surface area contributed by atoms with Crippen molar-refractivity contribution in [2.75, 3.05) is 11.9 Å². The molecule has 0 aromatic heterocycles. The number of hydrogen-bond acceptors (Lipinski definition) is 4. The SMILES string of the molecule is CC(C)COc1ccccc1C(=O)Nc1ccc(S(=O)(=O)NC(C)(C)C)cc1. The van der Waals surface area contributed by atoms with Crippen LogP contribution in [-0.4, -0.2) is 26.5 Å². The lowest BCUT2D eigenvalue weighted by Gasteiger charge is -2.20. The number of amides is 1. The van der Waals surface area contributed by atoms with Gasteiger partial charge in [0.05, 0.1) is 17.1 Å². The molecule has 2 aromatic rings. The summed E-state index contributed by atoms with van der Waals surface area (Å²) >= 11 is 0. The molecule has 6 nitrogen and oxygen atoms in total. The molecule has 2 rings (SSSR count). The number of nitrogens with one attached hydrogen (secondary N) is 2. The quantitative estimate of drug-likeness (QED) is 0.729. The van der Waals surface area contributed by atoms with Gasteiger partial charge in [-0.2, -0.15) is 0 Å². The zero-order valence-corrected chi connectivity index (χ0v) is 17.8. The van der Waals surface area contributed by atoms with E-state index < -0.39 is 15.6 Å². The van der Waals surface area contributed by atoms with Crippen molar-refractivity contribution < 1.29 is 17.9 Å². The van der Waals surface area contributed by atoms with Gasteiger partial charge in [0.2, 0.25) is 10.0 Å². The van der Waals surface area contributed by atoms with Crippen LogP contribution in [0.3, 0.4) is 0 Å². The Labute approximate surface area is 167 Å². The van der Waals surface area contributed by atoms with Gasteiger partial charge in [0.15, 0.2) is 0 Å². The first-order chi connectivity index (χ1) is 13.0. The number of para-hydroxylation sites is 1. The number of hydrogen-bond donors (Lipinski definition) is 2. The zero-order valence-electron chi connectivity index (χ0n) is 16.9. The van der Waals surface area contributed by atoms with E-state index in [1.807, 2.05) is 19.9 Å². The van der Waals surface area contributed by atoms with Crippen LogP contribution >= 0.6 is 0 Å². The van der Waals surface area contributed by atoms with Crippen molar-refractivity contribution in [2.45, 2.75) is 45.1 Å². The molecule has 152 valence electrons. The molecule has 1 amide bonds. The van der Waals surface area contributed by atoms with E-state index in [0.29, 0.717) is 29.5 Å². The second-order valence-electron chi connectivity index (χ2n) is 8.04. The van der Waals surface area contributed by atoms with E-state index in [0.717, 1.165) is 0 Å². The Morgan fingerprint density at radius 2 is 1.64 bits per heavy atom. The van der Waals surface area contributed by atoms with Gasteiger partial charge in [0.1, 0.15) is 5.75 Å². The molecule has 0 spiro atoms. The van der Waals surface area contributed by atoms with Gasteiger partial charge in [0.25, 0.3) is 5.91 Å². The van der Waals surface area contributed by atoms with Crippen molar-refractivity contribution >= 4 is 21.6 Å². The van der Waals surface area contributed by atoms with E-state index in [2.05, 4.69) is 10.0 Å². The lowest BCUT2D eigenvalue weighted by atomic mass is 10.1. The molecule has 0 heterocycles. The summed E-state index contributed by atoms with van der Waals surface area (Å²) in [7, 11) is -3.62. The van der Waals surface area contributed by atoms with Crippen LogP contribution < -0.4 is 14.8 Å². The number of ether oxygens (including phenoxy) is 1. The molecule has 7 heteroatoms. The van der Waals surface area contributed by atoms with Gasteiger partial charge in [-0.05, 0) is 63.1 Å². The van der Waals surface area contributed by atoms with Crippen LogP contribution in [0.5, 0.6) is 5.75 Å². The molecular weight excluding hydrogens is 376 g/mol. The Morgan fingerprint density at radius 3 is 2.21 bits per heavy atom. The Hall–Kier alpha value is -2.38. The van der Waals surface area contributed by atoms with Crippen molar-refractivity contribution in [2.24, 2.45) is 5.92 Å². The summed E-state index contributed by atoms with van der Waals surface area (Å²) in [4.78, 5) is 12.8. The average Bonchev–Trinajstić information content (AvgIpc) is 2.58. The van der Waals surface area contributed by atoms with Gasteiger partial charge in [-0.15, -0.1) is 0 Å². The lowest BCUT2D eigenvalue weighted by Crippen LogP contribution is -2.40. The van der Waals surface area contributed by atoms with E-state index in [1.54, 1.807) is 51.1 Å². The van der Waals surface area contributed by atoms with E-state index in [4.69, 9.17) is 4.74 Å². The Morgan fingerprint density at radius 1 is 1.04 bits per heavy atom. The summed E-state index contributed by atoms with van der Waals surface area (Å²) in [6.45, 7) is 9.91. The maximum absolute atomic E-state index is 12.6. The van der Waals surface area contributed by atoms with Crippen molar-refractivity contribution in [1.29, 1.82) is 0 Å². The summed E-state index contributed by atoms with van der Waals surface area (Å²) in [5, 5.41) is 2.78. The highest BCUT2D eigenvalue weighted by atomic mass is 32.2. The molecule has 2 N–H and O–H groups in total. The summed E-state index contributed by atoms with van der Waals surface area (Å²) in [5.74, 6) is 0.539. The van der Waals surface area contributed by atoms with Crippen LogP contribution in [-0.2, 0) is 10.0 Å². The van der Waals surface area contributed by atoms with Crippen LogP contribution in [0.2, 0.25) is 0 Å².